The number of anilines is 2. The highest BCUT2D eigenvalue weighted by atomic mass is 79.9. The smallest absolute Gasteiger partial charge is 0.487 e. The summed E-state index contributed by atoms with van der Waals surface area (Å²) >= 11 is 3.57. The van der Waals surface area contributed by atoms with E-state index < -0.39 is 7.12 Å². The molecule has 0 saturated carbocycles. The summed E-state index contributed by atoms with van der Waals surface area (Å²) in [6.45, 7) is 23.6. The van der Waals surface area contributed by atoms with E-state index in [2.05, 4.69) is 284 Å². The maximum absolute atomic E-state index is 7.24. The second-order valence-electron chi connectivity index (χ2n) is 28.8. The number of nitrogens with two attached hydrogens (primary N) is 2. The molecule has 10 heteroatoms. The van der Waals surface area contributed by atoms with Crippen molar-refractivity contribution < 1.29 is 18.8 Å². The first-order chi connectivity index (χ1) is 54.6. The van der Waals surface area contributed by atoms with E-state index >= 15 is 0 Å². The summed E-state index contributed by atoms with van der Waals surface area (Å²) in [4.78, 5) is 6.99. The number of fused-ring (bicyclic) bond motifs is 2. The molecule has 0 spiro atoms. The fraction of sp³-hybridized carbons (Fsp3) is 0.0784. The van der Waals surface area contributed by atoms with Crippen LogP contribution < -0.4 is 26.4 Å². The van der Waals surface area contributed by atoms with E-state index in [1.54, 1.807) is 0 Å². The molecule has 0 unspecified atom stereocenters. The average molecular weight is 1520 g/mol. The Morgan fingerprint density at radius 1 is 0.304 bits per heavy atom. The zero-order valence-corrected chi connectivity index (χ0v) is 64.3. The first-order valence-corrected chi connectivity index (χ1v) is 38.2. The molecule has 17 rings (SSSR count). The first kappa shape index (κ1) is 74.2. The lowest BCUT2D eigenvalue weighted by Gasteiger charge is -2.32. The molecule has 16 aromatic carbocycles. The second-order valence-corrected chi connectivity index (χ2v) is 29.7. The molecule has 1 aliphatic rings. The van der Waals surface area contributed by atoms with E-state index in [9.17, 15) is 0 Å². The van der Waals surface area contributed by atoms with Crippen molar-refractivity contribution in [2.75, 3.05) is 11.5 Å². The molecule has 8 nitrogen and oxygen atoms in total. The van der Waals surface area contributed by atoms with E-state index in [0.29, 0.717) is 47.5 Å². The third kappa shape index (κ3) is 16.5. The van der Waals surface area contributed by atoms with Gasteiger partial charge in [-0.05, 0) is 179 Å². The number of ether oxygens (including phenoxy) is 2. The number of nitrogen functional groups attached to an aromatic ring is 2. The van der Waals surface area contributed by atoms with Crippen molar-refractivity contribution >= 4 is 72.8 Å². The monoisotopic (exact) mass is 1510 g/mol. The number of nitrogens with zero attached hydrogens (tertiary/aromatic N) is 2. The quantitative estimate of drug-likeness (QED) is 0.0568. The van der Waals surface area contributed by atoms with Crippen LogP contribution in [-0.4, -0.2) is 18.3 Å². The van der Waals surface area contributed by atoms with Gasteiger partial charge in [0.25, 0.3) is 0 Å². The molecule has 16 aromatic rings. The van der Waals surface area contributed by atoms with Crippen molar-refractivity contribution in [1.29, 1.82) is 0 Å². The summed E-state index contributed by atoms with van der Waals surface area (Å²) in [6, 6.07) is 125. The molecular formula is C102H80BBrN4O4. The molecule has 1 saturated heterocycles. The molecule has 0 aromatic heterocycles. The van der Waals surface area contributed by atoms with Gasteiger partial charge in [-0.2, -0.15) is 0 Å². The molecule has 0 bridgehead atoms. The zero-order valence-electron chi connectivity index (χ0n) is 62.7. The molecule has 542 valence electrons. The predicted octanol–water partition coefficient (Wildman–Crippen LogP) is 26.9. The van der Waals surface area contributed by atoms with Crippen molar-refractivity contribution in [3.63, 3.8) is 0 Å². The topological polar surface area (TPSA) is 97.7 Å². The molecule has 0 amide bonds. The number of hydrogen-bond donors (Lipinski definition) is 2. The Hall–Kier alpha value is -13.3. The van der Waals surface area contributed by atoms with E-state index in [-0.39, 0.29) is 11.2 Å². The molecule has 1 fully saturated rings. The molecule has 0 radical (unpaired) electrons. The van der Waals surface area contributed by atoms with Crippen LogP contribution in [-0.2, 0) is 22.5 Å². The summed E-state index contributed by atoms with van der Waals surface area (Å²) in [5.41, 5.74) is 38.3. The SMILES string of the molecule is Nc1c(OCc2ccc(-c3ccccc3)cc2)cc(Br)cc1-c1ccccc1.[C-]#[N+]c1ccc(-c2ccc(-c3ccc(-c4cc(OCc5ccc(-c6ccccc6)cc5)c(N)c(-c5ccccc5)c4)c4ccccc34)cc2)cc1.[C-]#[N+]c1ccc(-c2ccc(-c3ccc(B4OC(C)(C)C(C)(C)O4)c4ccccc34)cc2)cc1. The van der Waals surface area contributed by atoms with Gasteiger partial charge < -0.3 is 30.2 Å². The summed E-state index contributed by atoms with van der Waals surface area (Å²) in [7, 11) is -0.394. The van der Waals surface area contributed by atoms with E-state index in [0.717, 1.165) is 98.6 Å². The average Bonchev–Trinajstić information content (AvgIpc) is 1.42. The van der Waals surface area contributed by atoms with Crippen LogP contribution in [0.3, 0.4) is 0 Å². The number of halogens is 1. The molecule has 0 atom stereocenters. The number of benzene rings is 16. The van der Waals surface area contributed by atoms with Crippen molar-refractivity contribution in [2.24, 2.45) is 0 Å². The second kappa shape index (κ2) is 33.3. The van der Waals surface area contributed by atoms with Crippen molar-refractivity contribution in [3.05, 3.63) is 402 Å². The molecule has 4 N–H and O–H groups in total. The van der Waals surface area contributed by atoms with Gasteiger partial charge in [-0.15, -0.1) is 0 Å². The zero-order chi connectivity index (χ0) is 77.1. The van der Waals surface area contributed by atoms with Gasteiger partial charge in [0.15, 0.2) is 11.4 Å². The molecule has 1 aliphatic heterocycles. The standard InChI is InChI=1S/C48H34N2O.C29H26BNO2.C25H20BrNO/c1-50-41-26-24-37(25-27-41)36-20-22-39(23-21-36)42-28-29-43(45-15-9-8-14-44(42)45)40-30-46(38-12-6-3-7-13-38)48(49)47(31-40)51-32-33-16-18-35(19-17-33)34-10-4-2-5-11-34;1-28(2)29(3,4)33-30(32-28)27-19-18-24(25-8-6-7-9-26(25)27)22-12-10-20(11-13-22)21-14-16-23(31-5)17-15-21;26-22-15-23(21-9-5-2-6-10-21)25(27)24(16-22)28-17-18-11-13-20(14-12-18)19-7-3-1-4-8-19/h2-31H,32,49H2;6-19H,1-4H3;1-16H,17,27H2. The van der Waals surface area contributed by atoms with Gasteiger partial charge in [0.05, 0.1) is 35.7 Å². The lowest BCUT2D eigenvalue weighted by molar-refractivity contribution is 0.00578. The summed E-state index contributed by atoms with van der Waals surface area (Å²) in [5, 5.41) is 4.65. The number of hydrogen-bond acceptors (Lipinski definition) is 6. The third-order valence-corrected chi connectivity index (χ3v) is 21.5. The maximum Gasteiger partial charge on any atom is 0.495 e. The Kier molecular flexibility index (Phi) is 22.0. The summed E-state index contributed by atoms with van der Waals surface area (Å²) in [6.07, 6.45) is 0. The lowest BCUT2D eigenvalue weighted by Crippen LogP contribution is -2.41. The van der Waals surface area contributed by atoms with E-state index in [1.807, 2.05) is 133 Å². The Balaban J connectivity index is 0.000000141. The van der Waals surface area contributed by atoms with Gasteiger partial charge in [-0.25, -0.2) is 9.69 Å². The fourth-order valence-corrected chi connectivity index (χ4v) is 14.6. The Bertz CT molecular complexity index is 6060. The summed E-state index contributed by atoms with van der Waals surface area (Å²) in [5.74, 6) is 1.34. The van der Waals surface area contributed by atoms with Gasteiger partial charge >= 0.3 is 7.12 Å². The molecule has 1 heterocycles. The minimum Gasteiger partial charge on any atom is -0.487 e. The van der Waals surface area contributed by atoms with Crippen LogP contribution >= 0.6 is 15.9 Å². The molecule has 0 aliphatic carbocycles. The Morgan fingerprint density at radius 3 is 0.982 bits per heavy atom. The van der Waals surface area contributed by atoms with E-state index in [1.165, 1.54) is 44.2 Å². The normalized spacial score (nSPS) is 12.5. The van der Waals surface area contributed by atoms with Gasteiger partial charge in [0.2, 0.25) is 0 Å². The van der Waals surface area contributed by atoms with Crippen molar-refractivity contribution in [1.82, 2.24) is 0 Å². The minimum absolute atomic E-state index is 0.375. The van der Waals surface area contributed by atoms with Gasteiger partial charge in [-0.3, -0.25) is 0 Å². The highest BCUT2D eigenvalue weighted by Crippen LogP contribution is 2.45. The van der Waals surface area contributed by atoms with Crippen LogP contribution in [0.4, 0.5) is 22.7 Å². The van der Waals surface area contributed by atoms with Crippen molar-refractivity contribution in [2.45, 2.75) is 52.1 Å². The van der Waals surface area contributed by atoms with E-state index in [4.69, 9.17) is 43.4 Å². The maximum atomic E-state index is 7.24. The van der Waals surface area contributed by atoms with Crippen LogP contribution in [0.5, 0.6) is 11.5 Å². The predicted molar refractivity (Wildman–Crippen MR) is 470 cm³/mol. The van der Waals surface area contributed by atoms with Gasteiger partial charge in [-0.1, -0.05) is 356 Å². The van der Waals surface area contributed by atoms with Crippen LogP contribution in [0.15, 0.2) is 368 Å². The van der Waals surface area contributed by atoms with Crippen LogP contribution in [0, 0.1) is 13.1 Å². The minimum atomic E-state index is -0.394. The summed E-state index contributed by atoms with van der Waals surface area (Å²) < 4.78 is 26.2. The van der Waals surface area contributed by atoms with Crippen molar-refractivity contribution in [3.8, 4) is 112 Å². The number of rotatable bonds is 16. The van der Waals surface area contributed by atoms with Crippen LogP contribution in [0.25, 0.3) is 131 Å². The Labute approximate surface area is 664 Å². The van der Waals surface area contributed by atoms with Gasteiger partial charge in [0, 0.05) is 15.6 Å². The first-order valence-electron chi connectivity index (χ1n) is 37.4. The fourth-order valence-electron chi connectivity index (χ4n) is 14.2. The largest absolute Gasteiger partial charge is 0.495 e. The Morgan fingerprint density at radius 2 is 0.589 bits per heavy atom. The highest BCUT2D eigenvalue weighted by molar-refractivity contribution is 9.10. The van der Waals surface area contributed by atoms with Gasteiger partial charge in [0.1, 0.15) is 24.7 Å². The molecular weight excluding hydrogens is 1440 g/mol. The van der Waals surface area contributed by atoms with Crippen LogP contribution in [0.2, 0.25) is 0 Å². The van der Waals surface area contributed by atoms with Crippen LogP contribution in [0.1, 0.15) is 38.8 Å². The lowest BCUT2D eigenvalue weighted by atomic mass is 9.75. The highest BCUT2D eigenvalue weighted by Gasteiger charge is 2.52. The third-order valence-electron chi connectivity index (χ3n) is 21.1. The molecule has 112 heavy (non-hydrogen) atoms.